The Hall–Kier alpha value is -2.39. The largest absolute Gasteiger partial charge is 0.477 e. The summed E-state index contributed by atoms with van der Waals surface area (Å²) in [6.45, 7) is 4.82. The second-order valence-electron chi connectivity index (χ2n) is 9.27. The Morgan fingerprint density at radius 2 is 2.00 bits per heavy atom. The Kier molecular flexibility index (Phi) is 5.73. The molecule has 5 rings (SSSR count). The quantitative estimate of drug-likeness (QED) is 0.483. The Bertz CT molecular complexity index is 1160. The molecule has 0 unspecified atom stereocenters. The van der Waals surface area contributed by atoms with Crippen molar-refractivity contribution in [3.8, 4) is 0 Å². The van der Waals surface area contributed by atoms with Crippen molar-refractivity contribution < 1.29 is 19.8 Å². The van der Waals surface area contributed by atoms with Crippen LogP contribution in [-0.4, -0.2) is 50.9 Å². The zero-order valence-corrected chi connectivity index (χ0v) is 19.5. The molecule has 7 nitrogen and oxygen atoms in total. The number of rotatable bonds is 6. The molecule has 0 saturated carbocycles. The standard InChI is InChI=1S/C25H29N3O4S/c1-12-21-20(13(2)29)24(30)28(21)22(25(31)32)23(12)33-15-9-19(27-11-15)18-8-7-14(10-26)16-5-3-4-6-17(16)18/h3-8,12-13,15,19-21,27,29H,9-11,26H2,1-2H3,(H,31,32)/t12-,13-,15+,19-,20-,21-/m1/s1. The minimum Gasteiger partial charge on any atom is -0.477 e. The topological polar surface area (TPSA) is 116 Å². The first-order valence-electron chi connectivity index (χ1n) is 11.4. The maximum Gasteiger partial charge on any atom is 0.353 e. The summed E-state index contributed by atoms with van der Waals surface area (Å²) < 4.78 is 0. The first-order valence-corrected chi connectivity index (χ1v) is 12.3. The highest BCUT2D eigenvalue weighted by Crippen LogP contribution is 2.52. The number of carboxylic acid groups (broad SMARTS) is 1. The summed E-state index contributed by atoms with van der Waals surface area (Å²) >= 11 is 1.57. The molecule has 5 N–H and O–H groups in total. The van der Waals surface area contributed by atoms with Crippen molar-refractivity contribution in [3.63, 3.8) is 0 Å². The van der Waals surface area contributed by atoms with Crippen LogP contribution in [-0.2, 0) is 16.1 Å². The average molecular weight is 468 g/mol. The second kappa shape index (κ2) is 8.43. The number of carboxylic acids is 1. The van der Waals surface area contributed by atoms with E-state index in [4.69, 9.17) is 5.73 Å². The zero-order chi connectivity index (χ0) is 23.4. The highest BCUT2D eigenvalue weighted by atomic mass is 32.2. The lowest BCUT2D eigenvalue weighted by Crippen LogP contribution is -2.63. The molecule has 6 atom stereocenters. The number of hydrogen-bond acceptors (Lipinski definition) is 6. The molecule has 8 heteroatoms. The molecule has 3 aliphatic heterocycles. The van der Waals surface area contributed by atoms with Gasteiger partial charge in [0.1, 0.15) is 5.70 Å². The van der Waals surface area contributed by atoms with Gasteiger partial charge in [0.25, 0.3) is 0 Å². The summed E-state index contributed by atoms with van der Waals surface area (Å²) in [5.74, 6) is -2.00. The molecule has 2 aromatic carbocycles. The van der Waals surface area contributed by atoms with Crippen LogP contribution >= 0.6 is 11.8 Å². The summed E-state index contributed by atoms with van der Waals surface area (Å²) in [7, 11) is 0. The van der Waals surface area contributed by atoms with Gasteiger partial charge in [-0.2, -0.15) is 0 Å². The van der Waals surface area contributed by atoms with Gasteiger partial charge in [0.2, 0.25) is 5.91 Å². The summed E-state index contributed by atoms with van der Waals surface area (Å²) in [6, 6.07) is 12.4. The van der Waals surface area contributed by atoms with Gasteiger partial charge in [0.05, 0.1) is 18.1 Å². The van der Waals surface area contributed by atoms with Crippen molar-refractivity contribution in [2.45, 2.75) is 50.3 Å². The number of hydrogen-bond donors (Lipinski definition) is 4. The van der Waals surface area contributed by atoms with Crippen LogP contribution in [0.4, 0.5) is 0 Å². The van der Waals surface area contributed by atoms with Crippen LogP contribution in [0.2, 0.25) is 0 Å². The molecule has 2 aromatic rings. The van der Waals surface area contributed by atoms with E-state index in [0.29, 0.717) is 6.54 Å². The molecule has 0 radical (unpaired) electrons. The normalized spacial score (nSPS) is 30.0. The summed E-state index contributed by atoms with van der Waals surface area (Å²) in [4.78, 5) is 26.8. The Morgan fingerprint density at radius 3 is 2.67 bits per heavy atom. The lowest BCUT2D eigenvalue weighted by atomic mass is 9.79. The number of aliphatic hydroxyl groups is 1. The number of carbonyl (C=O) groups is 2. The molecule has 2 fully saturated rings. The van der Waals surface area contributed by atoms with E-state index in [1.54, 1.807) is 18.7 Å². The van der Waals surface area contributed by atoms with Crippen molar-refractivity contribution in [2.24, 2.45) is 17.6 Å². The third-order valence-corrected chi connectivity index (χ3v) is 8.85. The average Bonchev–Trinajstić information content (AvgIpc) is 3.34. The van der Waals surface area contributed by atoms with Crippen LogP contribution in [0.25, 0.3) is 10.8 Å². The van der Waals surface area contributed by atoms with Crippen LogP contribution in [0, 0.1) is 11.8 Å². The fraction of sp³-hybridized carbons (Fsp3) is 0.440. The minimum atomic E-state index is -1.07. The molecule has 3 aliphatic rings. The molecule has 3 heterocycles. The highest BCUT2D eigenvalue weighted by molar-refractivity contribution is 8.03. The fourth-order valence-corrected chi connectivity index (χ4v) is 7.23. The molecule has 0 spiro atoms. The van der Waals surface area contributed by atoms with Crippen molar-refractivity contribution in [1.82, 2.24) is 10.2 Å². The number of nitrogens with two attached hydrogens (primary N) is 1. The Balaban J connectivity index is 1.39. The van der Waals surface area contributed by atoms with Crippen LogP contribution in [0.5, 0.6) is 0 Å². The second-order valence-corrected chi connectivity index (χ2v) is 10.6. The smallest absolute Gasteiger partial charge is 0.353 e. The zero-order valence-electron chi connectivity index (χ0n) is 18.7. The molecule has 33 heavy (non-hydrogen) atoms. The first kappa shape index (κ1) is 22.4. The molecular formula is C25H29N3O4S. The maximum atomic E-state index is 12.6. The monoisotopic (exact) mass is 467 g/mol. The van der Waals surface area contributed by atoms with Crippen molar-refractivity contribution in [2.75, 3.05) is 6.54 Å². The number of thioether (sulfide) groups is 1. The van der Waals surface area contributed by atoms with E-state index in [1.807, 2.05) is 19.1 Å². The summed E-state index contributed by atoms with van der Waals surface area (Å²) in [5, 5.41) is 26.1. The number of aliphatic hydroxyl groups excluding tert-OH is 1. The molecule has 2 saturated heterocycles. The van der Waals surface area contributed by atoms with Crippen LogP contribution in [0.1, 0.15) is 37.4 Å². The Morgan fingerprint density at radius 1 is 1.27 bits per heavy atom. The third-order valence-electron chi connectivity index (χ3n) is 7.34. The SMILES string of the molecule is C[C@@H](O)[C@H]1C(=O)N2C(C(=O)O)=C(S[C@@H]3CN[C@@H](c4ccc(CN)c5ccccc45)C3)[C@H](C)[C@H]12. The molecule has 0 bridgehead atoms. The third kappa shape index (κ3) is 3.47. The van der Waals surface area contributed by atoms with E-state index < -0.39 is 18.0 Å². The van der Waals surface area contributed by atoms with Crippen molar-refractivity contribution in [1.29, 1.82) is 0 Å². The van der Waals surface area contributed by atoms with Gasteiger partial charge in [0, 0.05) is 35.2 Å². The van der Waals surface area contributed by atoms with Crippen LogP contribution in [0.3, 0.4) is 0 Å². The fourth-order valence-electron chi connectivity index (χ4n) is 5.75. The van der Waals surface area contributed by atoms with E-state index in [0.717, 1.165) is 23.4 Å². The Labute approximate surface area is 197 Å². The summed E-state index contributed by atoms with van der Waals surface area (Å²) in [6.07, 6.45) is 0.0703. The number of nitrogens with zero attached hydrogens (tertiary/aromatic N) is 1. The molecule has 0 aromatic heterocycles. The van der Waals surface area contributed by atoms with Gasteiger partial charge in [-0.3, -0.25) is 4.79 Å². The molecule has 1 amide bonds. The number of carbonyl (C=O) groups excluding carboxylic acids is 1. The number of β-lactam (4-membered cyclic amide) rings is 1. The van der Waals surface area contributed by atoms with Crippen molar-refractivity contribution >= 4 is 34.4 Å². The molecule has 174 valence electrons. The predicted octanol–water partition coefficient (Wildman–Crippen LogP) is 2.59. The van der Waals surface area contributed by atoms with Crippen LogP contribution < -0.4 is 11.1 Å². The number of fused-ring (bicyclic) bond motifs is 2. The molecule has 0 aliphatic carbocycles. The van der Waals surface area contributed by atoms with Crippen molar-refractivity contribution in [3.05, 3.63) is 58.1 Å². The lowest BCUT2D eigenvalue weighted by molar-refractivity contribution is -0.163. The van der Waals surface area contributed by atoms with Gasteiger partial charge in [-0.25, -0.2) is 4.79 Å². The number of aliphatic carboxylic acids is 1. The van der Waals surface area contributed by atoms with Gasteiger partial charge in [-0.15, -0.1) is 11.8 Å². The lowest BCUT2D eigenvalue weighted by Gasteiger charge is -2.46. The van der Waals surface area contributed by atoms with Gasteiger partial charge in [0.15, 0.2) is 0 Å². The minimum absolute atomic E-state index is 0.0978. The predicted molar refractivity (Wildman–Crippen MR) is 128 cm³/mol. The van der Waals surface area contributed by atoms with Gasteiger partial charge >= 0.3 is 5.97 Å². The number of nitrogens with one attached hydrogen (secondary N) is 1. The maximum absolute atomic E-state index is 12.6. The van der Waals surface area contributed by atoms with Gasteiger partial charge in [-0.1, -0.05) is 43.3 Å². The van der Waals surface area contributed by atoms with Gasteiger partial charge < -0.3 is 26.2 Å². The number of amides is 1. The van der Waals surface area contributed by atoms with E-state index in [1.165, 1.54) is 21.2 Å². The number of benzene rings is 2. The molecular weight excluding hydrogens is 438 g/mol. The first-order chi connectivity index (χ1) is 15.8. The van der Waals surface area contributed by atoms with E-state index in [-0.39, 0.29) is 34.9 Å². The highest BCUT2D eigenvalue weighted by Gasteiger charge is 2.60. The van der Waals surface area contributed by atoms with Crippen LogP contribution in [0.15, 0.2) is 47.0 Å². The van der Waals surface area contributed by atoms with Gasteiger partial charge in [-0.05, 0) is 35.2 Å². The summed E-state index contributed by atoms with van der Waals surface area (Å²) in [5.41, 5.74) is 8.38. The van der Waals surface area contributed by atoms with E-state index >= 15 is 0 Å². The van der Waals surface area contributed by atoms with E-state index in [2.05, 4.69) is 29.6 Å². The van der Waals surface area contributed by atoms with E-state index in [9.17, 15) is 19.8 Å².